The number of rotatable bonds is 9. The highest BCUT2D eigenvalue weighted by Gasteiger charge is 2.04. The Balaban J connectivity index is 0. The van der Waals surface area contributed by atoms with E-state index in [1.165, 1.54) is 25.5 Å². The number of carbonyl (C=O) groups is 3. The third kappa shape index (κ3) is 25.1. The monoisotopic (exact) mass is 288 g/mol. The van der Waals surface area contributed by atoms with Crippen molar-refractivity contribution in [2.75, 3.05) is 0 Å². The van der Waals surface area contributed by atoms with Crippen LogP contribution in [-0.2, 0) is 19.1 Å². The molecule has 0 aliphatic rings. The maximum atomic E-state index is 10.9. The Hall–Kier alpha value is -1.85. The first-order chi connectivity index (χ1) is 9.40. The Morgan fingerprint density at radius 2 is 1.65 bits per heavy atom. The molecule has 0 atom stereocenters. The highest BCUT2D eigenvalue weighted by molar-refractivity contribution is 5.76. The Kier molecular flexibility index (Phi) is 15.6. The lowest BCUT2D eigenvalue weighted by molar-refractivity contribution is -0.144. The number of carboxylic acids is 2. The van der Waals surface area contributed by atoms with Gasteiger partial charge in [0.15, 0.2) is 0 Å². The van der Waals surface area contributed by atoms with Gasteiger partial charge in [-0.05, 0) is 18.9 Å². The van der Waals surface area contributed by atoms with Gasteiger partial charge in [0.25, 0.3) is 5.97 Å². The molecule has 0 fully saturated rings. The molecule has 0 saturated carbocycles. The normalized spacial score (nSPS) is 9.70. The van der Waals surface area contributed by atoms with Gasteiger partial charge in [-0.25, -0.2) is 0 Å². The zero-order chi connectivity index (χ0) is 15.8. The van der Waals surface area contributed by atoms with Crippen LogP contribution in [0.3, 0.4) is 0 Å². The molecule has 0 bridgehead atoms. The van der Waals surface area contributed by atoms with Crippen LogP contribution in [0.5, 0.6) is 0 Å². The summed E-state index contributed by atoms with van der Waals surface area (Å²) in [6.45, 7) is 3.24. The summed E-state index contributed by atoms with van der Waals surface area (Å²) in [7, 11) is 0. The molecule has 0 spiro atoms. The molecule has 0 amide bonds. The Bertz CT molecular complexity index is 305. The van der Waals surface area contributed by atoms with Crippen LogP contribution in [-0.4, -0.2) is 28.1 Å². The van der Waals surface area contributed by atoms with E-state index in [1.807, 2.05) is 0 Å². The molecule has 0 saturated heterocycles. The van der Waals surface area contributed by atoms with Crippen molar-refractivity contribution in [2.45, 2.75) is 58.8 Å². The average Bonchev–Trinajstić information content (AvgIpc) is 2.34. The van der Waals surface area contributed by atoms with Crippen molar-refractivity contribution in [2.24, 2.45) is 0 Å². The third-order valence-electron chi connectivity index (χ3n) is 2.06. The molecule has 0 aromatic rings. The van der Waals surface area contributed by atoms with Gasteiger partial charge in [0.1, 0.15) is 0 Å². The van der Waals surface area contributed by atoms with Gasteiger partial charge in [-0.2, -0.15) is 0 Å². The maximum Gasteiger partial charge on any atom is 0.311 e. The summed E-state index contributed by atoms with van der Waals surface area (Å²) in [6.07, 6.45) is 8.51. The quantitative estimate of drug-likeness (QED) is 0.384. The summed E-state index contributed by atoms with van der Waals surface area (Å²) in [6, 6.07) is 0. The fraction of sp³-hybridized carbons (Fsp3) is 0.643. The topological polar surface area (TPSA) is 101 Å². The molecule has 0 aromatic heterocycles. The van der Waals surface area contributed by atoms with Gasteiger partial charge in [-0.1, -0.05) is 26.2 Å². The second-order valence-electron chi connectivity index (χ2n) is 4.12. The smallest absolute Gasteiger partial charge is 0.311 e. The number of carbonyl (C=O) groups excluding carboxylic acids is 1. The molecule has 6 heteroatoms. The SMILES string of the molecule is CC(=O)O.CCCCCCC=COC(=O)CCC(=O)O. The average molecular weight is 288 g/mol. The van der Waals surface area contributed by atoms with Crippen LogP contribution in [0.1, 0.15) is 58.8 Å². The van der Waals surface area contributed by atoms with Gasteiger partial charge in [0.2, 0.25) is 0 Å². The zero-order valence-electron chi connectivity index (χ0n) is 12.1. The van der Waals surface area contributed by atoms with Gasteiger partial charge in [0.05, 0.1) is 19.1 Å². The lowest BCUT2D eigenvalue weighted by atomic mass is 10.1. The summed E-state index contributed by atoms with van der Waals surface area (Å²) in [5.41, 5.74) is 0. The van der Waals surface area contributed by atoms with Crippen LogP contribution >= 0.6 is 0 Å². The highest BCUT2D eigenvalue weighted by atomic mass is 16.5. The highest BCUT2D eigenvalue weighted by Crippen LogP contribution is 2.03. The summed E-state index contributed by atoms with van der Waals surface area (Å²) in [5, 5.41) is 15.7. The minimum absolute atomic E-state index is 0.0739. The van der Waals surface area contributed by atoms with Crippen molar-refractivity contribution in [3.8, 4) is 0 Å². The van der Waals surface area contributed by atoms with E-state index < -0.39 is 17.9 Å². The lowest BCUT2D eigenvalue weighted by Crippen LogP contribution is -2.03. The van der Waals surface area contributed by atoms with Gasteiger partial charge in [0, 0.05) is 6.92 Å². The third-order valence-corrected chi connectivity index (χ3v) is 2.06. The van der Waals surface area contributed by atoms with E-state index in [2.05, 4.69) is 6.92 Å². The summed E-state index contributed by atoms with van der Waals surface area (Å²) >= 11 is 0. The largest absolute Gasteiger partial charge is 0.481 e. The lowest BCUT2D eigenvalue weighted by Gasteiger charge is -1.97. The van der Waals surface area contributed by atoms with E-state index in [1.54, 1.807) is 6.08 Å². The van der Waals surface area contributed by atoms with Crippen LogP contribution < -0.4 is 0 Å². The molecule has 0 unspecified atom stereocenters. The number of unbranched alkanes of at least 4 members (excludes halogenated alkanes) is 4. The first-order valence-corrected chi connectivity index (χ1v) is 6.66. The van der Waals surface area contributed by atoms with E-state index in [4.69, 9.17) is 19.7 Å². The first-order valence-electron chi connectivity index (χ1n) is 6.66. The van der Waals surface area contributed by atoms with Crippen LogP contribution in [0.25, 0.3) is 0 Å². The van der Waals surface area contributed by atoms with Crippen molar-refractivity contribution in [1.82, 2.24) is 0 Å². The van der Waals surface area contributed by atoms with E-state index in [0.29, 0.717) is 0 Å². The number of ether oxygens (including phenoxy) is 1. The molecule has 0 aliphatic heterocycles. The Morgan fingerprint density at radius 1 is 1.05 bits per heavy atom. The molecule has 0 rings (SSSR count). The predicted octanol–water partition coefficient (Wildman–Crippen LogP) is 2.97. The molecule has 6 nitrogen and oxygen atoms in total. The van der Waals surface area contributed by atoms with Crippen molar-refractivity contribution >= 4 is 17.9 Å². The molecule has 116 valence electrons. The molecule has 0 heterocycles. The van der Waals surface area contributed by atoms with Crippen LogP contribution in [0.4, 0.5) is 0 Å². The first kappa shape index (κ1) is 20.5. The van der Waals surface area contributed by atoms with E-state index >= 15 is 0 Å². The summed E-state index contributed by atoms with van der Waals surface area (Å²) < 4.78 is 4.72. The number of hydrogen-bond acceptors (Lipinski definition) is 4. The number of aliphatic carboxylic acids is 2. The predicted molar refractivity (Wildman–Crippen MR) is 74.2 cm³/mol. The Labute approximate surface area is 119 Å². The van der Waals surface area contributed by atoms with Gasteiger partial charge < -0.3 is 14.9 Å². The summed E-state index contributed by atoms with van der Waals surface area (Å²) in [4.78, 5) is 30.1. The zero-order valence-corrected chi connectivity index (χ0v) is 12.1. The molecule has 20 heavy (non-hydrogen) atoms. The number of esters is 1. The minimum Gasteiger partial charge on any atom is -0.481 e. The van der Waals surface area contributed by atoms with E-state index in [-0.39, 0.29) is 12.8 Å². The van der Waals surface area contributed by atoms with E-state index in [0.717, 1.165) is 19.8 Å². The van der Waals surface area contributed by atoms with Crippen molar-refractivity contribution in [3.63, 3.8) is 0 Å². The van der Waals surface area contributed by atoms with Crippen molar-refractivity contribution in [1.29, 1.82) is 0 Å². The molecule has 0 radical (unpaired) electrons. The van der Waals surface area contributed by atoms with Gasteiger partial charge in [-0.15, -0.1) is 0 Å². The number of allylic oxidation sites excluding steroid dienone is 1. The van der Waals surface area contributed by atoms with Gasteiger partial charge >= 0.3 is 11.9 Å². The second-order valence-corrected chi connectivity index (χ2v) is 4.12. The molecule has 0 aliphatic carbocycles. The standard InChI is InChI=1S/C12H20O4.C2H4O2/c1-2-3-4-5-6-7-10-16-12(15)9-8-11(13)14;1-2(3)4/h7,10H,2-6,8-9H2,1H3,(H,13,14);1H3,(H,3,4). The van der Waals surface area contributed by atoms with E-state index in [9.17, 15) is 9.59 Å². The summed E-state index contributed by atoms with van der Waals surface area (Å²) in [5.74, 6) is -2.31. The molecular weight excluding hydrogens is 264 g/mol. The fourth-order valence-electron chi connectivity index (χ4n) is 1.15. The van der Waals surface area contributed by atoms with Crippen LogP contribution in [0.2, 0.25) is 0 Å². The van der Waals surface area contributed by atoms with Crippen molar-refractivity contribution < 1.29 is 29.3 Å². The number of hydrogen-bond donors (Lipinski definition) is 2. The number of carboxylic acid groups (broad SMARTS) is 2. The van der Waals surface area contributed by atoms with Crippen LogP contribution in [0, 0.1) is 0 Å². The fourth-order valence-corrected chi connectivity index (χ4v) is 1.15. The maximum absolute atomic E-state index is 10.9. The minimum atomic E-state index is -0.986. The molecule has 0 aromatic carbocycles. The Morgan fingerprint density at radius 3 is 2.15 bits per heavy atom. The molecule has 2 N–H and O–H groups in total. The van der Waals surface area contributed by atoms with Crippen molar-refractivity contribution in [3.05, 3.63) is 12.3 Å². The van der Waals surface area contributed by atoms with Crippen LogP contribution in [0.15, 0.2) is 12.3 Å². The molecular formula is C14H24O6. The van der Waals surface area contributed by atoms with Gasteiger partial charge in [-0.3, -0.25) is 14.4 Å². The second kappa shape index (κ2) is 15.2.